The zero-order valence-electron chi connectivity index (χ0n) is 13.0. The zero-order chi connectivity index (χ0) is 18.3. The van der Waals surface area contributed by atoms with E-state index in [1.807, 2.05) is 0 Å². The molecule has 0 saturated carbocycles. The van der Waals surface area contributed by atoms with Gasteiger partial charge in [0, 0.05) is 22.7 Å². The Kier molecular flexibility index (Phi) is 3.98. The molecule has 26 heavy (non-hydrogen) atoms. The van der Waals surface area contributed by atoms with Gasteiger partial charge in [0.15, 0.2) is 5.82 Å². The summed E-state index contributed by atoms with van der Waals surface area (Å²) in [6, 6.07) is 13.0. The van der Waals surface area contributed by atoms with Crippen molar-refractivity contribution in [2.45, 2.75) is 0 Å². The van der Waals surface area contributed by atoms with Crippen molar-refractivity contribution >= 4 is 39.7 Å². The highest BCUT2D eigenvalue weighted by Gasteiger charge is 2.14. The third-order valence-electron chi connectivity index (χ3n) is 3.73. The van der Waals surface area contributed by atoms with Crippen LogP contribution in [0.2, 0.25) is 5.02 Å². The minimum Gasteiger partial charge on any atom is -0.267 e. The van der Waals surface area contributed by atoms with Crippen LogP contribution >= 0.6 is 22.9 Å². The minimum atomic E-state index is -0.467. The van der Waals surface area contributed by atoms with E-state index in [4.69, 9.17) is 11.6 Å². The van der Waals surface area contributed by atoms with Gasteiger partial charge in [-0.05, 0) is 35.9 Å². The molecule has 0 saturated heterocycles. The van der Waals surface area contributed by atoms with Crippen molar-refractivity contribution in [2.24, 2.45) is 0 Å². The van der Waals surface area contributed by atoms with Gasteiger partial charge in [-0.2, -0.15) is 0 Å². The van der Waals surface area contributed by atoms with Crippen LogP contribution < -0.4 is 10.1 Å². The fourth-order valence-electron chi connectivity index (χ4n) is 2.52. The van der Waals surface area contributed by atoms with E-state index in [9.17, 15) is 14.9 Å². The number of halogens is 1. The molecule has 7 nitrogen and oxygen atoms in total. The van der Waals surface area contributed by atoms with Gasteiger partial charge in [-0.1, -0.05) is 35.1 Å². The molecule has 0 aliphatic heterocycles. The van der Waals surface area contributed by atoms with Crippen LogP contribution in [-0.2, 0) is 0 Å². The SMILES string of the molecule is O=c1/c(=C/c2ccc([N+](=O)[O-])cc2)sc2nnc(-c3cccc(Cl)c3)n12. The summed E-state index contributed by atoms with van der Waals surface area (Å²) in [5, 5.41) is 19.4. The summed E-state index contributed by atoms with van der Waals surface area (Å²) in [4.78, 5) is 23.5. The van der Waals surface area contributed by atoms with Gasteiger partial charge in [-0.3, -0.25) is 14.9 Å². The third-order valence-corrected chi connectivity index (χ3v) is 4.93. The first-order valence-corrected chi connectivity index (χ1v) is 8.62. The fourth-order valence-corrected chi connectivity index (χ4v) is 3.62. The van der Waals surface area contributed by atoms with E-state index in [1.54, 1.807) is 42.5 Å². The molecule has 0 N–H and O–H groups in total. The Balaban J connectivity index is 1.84. The Morgan fingerprint density at radius 1 is 1.15 bits per heavy atom. The van der Waals surface area contributed by atoms with Gasteiger partial charge in [0.25, 0.3) is 11.2 Å². The van der Waals surface area contributed by atoms with E-state index in [2.05, 4.69) is 10.2 Å². The summed E-state index contributed by atoms with van der Waals surface area (Å²) < 4.78 is 1.90. The highest BCUT2D eigenvalue weighted by molar-refractivity contribution is 7.15. The first-order valence-electron chi connectivity index (χ1n) is 7.43. The molecule has 0 fully saturated rings. The molecule has 2 aromatic carbocycles. The maximum atomic E-state index is 12.8. The van der Waals surface area contributed by atoms with Gasteiger partial charge in [-0.15, -0.1) is 10.2 Å². The molecule has 0 atom stereocenters. The lowest BCUT2D eigenvalue weighted by Gasteiger charge is -1.97. The maximum Gasteiger partial charge on any atom is 0.276 e. The average Bonchev–Trinajstić information content (AvgIpc) is 3.16. The lowest BCUT2D eigenvalue weighted by molar-refractivity contribution is -0.384. The molecule has 0 amide bonds. The van der Waals surface area contributed by atoms with Crippen molar-refractivity contribution in [1.29, 1.82) is 0 Å². The van der Waals surface area contributed by atoms with E-state index in [0.29, 0.717) is 31.5 Å². The number of nitro benzene ring substituents is 1. The molecule has 2 heterocycles. The molecule has 0 unspecified atom stereocenters. The smallest absolute Gasteiger partial charge is 0.267 e. The lowest BCUT2D eigenvalue weighted by atomic mass is 10.2. The van der Waals surface area contributed by atoms with Crippen molar-refractivity contribution in [3.63, 3.8) is 0 Å². The summed E-state index contributed by atoms with van der Waals surface area (Å²) in [6.07, 6.45) is 1.67. The second-order valence-corrected chi connectivity index (χ2v) is 6.86. The predicted molar refractivity (Wildman–Crippen MR) is 99.5 cm³/mol. The Labute approximate surface area is 155 Å². The monoisotopic (exact) mass is 384 g/mol. The second kappa shape index (κ2) is 6.32. The van der Waals surface area contributed by atoms with E-state index in [-0.39, 0.29) is 11.2 Å². The number of hydrogen-bond donors (Lipinski definition) is 0. The van der Waals surface area contributed by atoms with Crippen molar-refractivity contribution < 1.29 is 4.92 Å². The minimum absolute atomic E-state index is 0.00192. The molecule has 4 aromatic rings. The predicted octanol–water partition coefficient (Wildman–Crippen LogP) is 2.93. The summed E-state index contributed by atoms with van der Waals surface area (Å²) in [5.41, 5.74) is 1.14. The molecule has 0 aliphatic rings. The molecule has 0 spiro atoms. The van der Waals surface area contributed by atoms with Crippen LogP contribution in [0.25, 0.3) is 22.4 Å². The van der Waals surface area contributed by atoms with Gasteiger partial charge >= 0.3 is 0 Å². The largest absolute Gasteiger partial charge is 0.276 e. The molecular formula is C17H9ClN4O3S. The molecule has 9 heteroatoms. The maximum absolute atomic E-state index is 12.8. The van der Waals surface area contributed by atoms with Crippen LogP contribution in [0.1, 0.15) is 5.56 Å². The van der Waals surface area contributed by atoms with E-state index in [1.165, 1.54) is 27.9 Å². The second-order valence-electron chi connectivity index (χ2n) is 5.42. The standard InChI is InChI=1S/C17H9ClN4O3S/c18-12-3-1-2-11(9-12)15-19-20-17-21(15)16(23)14(26-17)8-10-4-6-13(7-5-10)22(24)25/h1-9H/b14-8-. The van der Waals surface area contributed by atoms with Crippen LogP contribution in [-0.4, -0.2) is 19.5 Å². The van der Waals surface area contributed by atoms with Crippen LogP contribution in [0, 0.1) is 10.1 Å². The molecule has 4 rings (SSSR count). The number of non-ortho nitro benzene ring substituents is 1. The Morgan fingerprint density at radius 3 is 2.62 bits per heavy atom. The summed E-state index contributed by atoms with van der Waals surface area (Å²) >= 11 is 7.22. The number of nitrogens with zero attached hydrogens (tertiary/aromatic N) is 4. The Bertz CT molecular complexity index is 1250. The summed E-state index contributed by atoms with van der Waals surface area (Å²) in [7, 11) is 0. The van der Waals surface area contributed by atoms with Crippen molar-refractivity contribution in [1.82, 2.24) is 14.6 Å². The summed E-state index contributed by atoms with van der Waals surface area (Å²) in [6.45, 7) is 0. The van der Waals surface area contributed by atoms with Crippen LogP contribution in [0.5, 0.6) is 0 Å². The highest BCUT2D eigenvalue weighted by atomic mass is 35.5. The molecule has 0 bridgehead atoms. The van der Waals surface area contributed by atoms with Gasteiger partial charge in [0.2, 0.25) is 4.96 Å². The van der Waals surface area contributed by atoms with Crippen LogP contribution in [0.3, 0.4) is 0 Å². The molecule has 0 radical (unpaired) electrons. The molecule has 128 valence electrons. The van der Waals surface area contributed by atoms with E-state index in [0.717, 1.165) is 0 Å². The Hall–Kier alpha value is -3.10. The fraction of sp³-hybridized carbons (Fsp3) is 0. The summed E-state index contributed by atoms with van der Waals surface area (Å²) in [5.74, 6) is 0.423. The number of benzene rings is 2. The van der Waals surface area contributed by atoms with E-state index >= 15 is 0 Å². The number of rotatable bonds is 3. The quantitative estimate of drug-likeness (QED) is 0.400. The Morgan fingerprint density at radius 2 is 1.92 bits per heavy atom. The van der Waals surface area contributed by atoms with Crippen molar-refractivity contribution in [3.8, 4) is 11.4 Å². The van der Waals surface area contributed by atoms with Gasteiger partial charge in [0.05, 0.1) is 9.46 Å². The molecule has 0 aliphatic carbocycles. The first kappa shape index (κ1) is 16.4. The lowest BCUT2D eigenvalue weighted by Crippen LogP contribution is -2.23. The van der Waals surface area contributed by atoms with Gasteiger partial charge in [-0.25, -0.2) is 4.40 Å². The highest BCUT2D eigenvalue weighted by Crippen LogP contribution is 2.21. The topological polar surface area (TPSA) is 90.4 Å². The number of nitro groups is 1. The van der Waals surface area contributed by atoms with E-state index < -0.39 is 4.92 Å². The normalized spacial score (nSPS) is 12.0. The number of fused-ring (bicyclic) bond motifs is 1. The zero-order valence-corrected chi connectivity index (χ0v) is 14.6. The molecular weight excluding hydrogens is 376 g/mol. The number of thiazole rings is 1. The number of aromatic nitrogens is 3. The molecule has 2 aromatic heterocycles. The van der Waals surface area contributed by atoms with Crippen molar-refractivity contribution in [3.05, 3.63) is 84.1 Å². The van der Waals surface area contributed by atoms with Gasteiger partial charge in [0.1, 0.15) is 0 Å². The number of hydrogen-bond acceptors (Lipinski definition) is 6. The third kappa shape index (κ3) is 2.85. The first-order chi connectivity index (χ1) is 12.5. The average molecular weight is 385 g/mol. The van der Waals surface area contributed by atoms with Crippen molar-refractivity contribution in [2.75, 3.05) is 0 Å². The van der Waals surface area contributed by atoms with Crippen LogP contribution in [0.4, 0.5) is 5.69 Å². The van der Waals surface area contributed by atoms with Crippen LogP contribution in [0.15, 0.2) is 53.3 Å². The van der Waals surface area contributed by atoms with Gasteiger partial charge < -0.3 is 0 Å².